The number of anilines is 2. The molecule has 4 aliphatic rings. The van der Waals surface area contributed by atoms with Gasteiger partial charge in [0.25, 0.3) is 0 Å². The summed E-state index contributed by atoms with van der Waals surface area (Å²) in [7, 11) is 0. The number of carboxylic acid groups (broad SMARTS) is 2. The number of nitrogens with zero attached hydrogens (tertiary/aromatic N) is 8. The molecule has 0 saturated carbocycles. The van der Waals surface area contributed by atoms with Crippen molar-refractivity contribution in [3.8, 4) is 0 Å². The number of aliphatic hydroxyl groups is 8. The second-order valence-corrected chi connectivity index (χ2v) is 14.7. The van der Waals surface area contributed by atoms with Crippen LogP contribution < -0.4 is 9.80 Å². The van der Waals surface area contributed by atoms with E-state index in [1.54, 1.807) is 0 Å². The van der Waals surface area contributed by atoms with Crippen LogP contribution in [0.3, 0.4) is 0 Å². The van der Waals surface area contributed by atoms with Gasteiger partial charge in [-0.2, -0.15) is 0 Å². The molecule has 24 nitrogen and oxygen atoms in total. The van der Waals surface area contributed by atoms with Crippen molar-refractivity contribution >= 4 is 46.0 Å². The highest BCUT2D eigenvalue weighted by Gasteiger charge is 2.49. The van der Waals surface area contributed by atoms with Gasteiger partial charge in [0, 0.05) is 26.2 Å². The smallest absolute Gasteiger partial charge is 0.335 e. The molecule has 0 unspecified atom stereocenters. The first kappa shape index (κ1) is 45.3. The quantitative estimate of drug-likeness (QED) is 0.0715. The van der Waals surface area contributed by atoms with E-state index in [0.717, 1.165) is 38.5 Å². The van der Waals surface area contributed by atoms with E-state index in [2.05, 4.69) is 9.98 Å². The van der Waals surface area contributed by atoms with E-state index >= 15 is 0 Å². The Labute approximate surface area is 342 Å². The first-order chi connectivity index (χ1) is 28.8. The number of aliphatic hydroxyl groups excluding tert-OH is 8. The molecule has 2 aromatic rings. The van der Waals surface area contributed by atoms with Gasteiger partial charge in [0.1, 0.15) is 59.1 Å². The van der Waals surface area contributed by atoms with Crippen LogP contribution >= 0.6 is 0 Å². The van der Waals surface area contributed by atoms with Crippen LogP contribution in [-0.4, -0.2) is 221 Å². The van der Waals surface area contributed by atoms with Crippen LogP contribution in [0.1, 0.15) is 50.2 Å². The second kappa shape index (κ2) is 20.6. The maximum absolute atomic E-state index is 11.7. The van der Waals surface area contributed by atoms with Crippen LogP contribution in [0.4, 0.5) is 11.6 Å². The highest BCUT2D eigenvalue weighted by molar-refractivity contribution is 6.05. The topological polar surface area (TPSA) is 356 Å². The summed E-state index contributed by atoms with van der Waals surface area (Å²) >= 11 is 0. The summed E-state index contributed by atoms with van der Waals surface area (Å²) in [5.74, 6) is -2.43. The molecular formula is C36H52N8O16. The Morgan fingerprint density at radius 3 is 1.27 bits per heavy atom. The van der Waals surface area contributed by atoms with Crippen LogP contribution in [0.15, 0.2) is 9.98 Å². The molecule has 0 aromatic carbocycles. The molecule has 10 atom stereocenters. The fraction of sp³-hybridized carbons (Fsp3) is 0.722. The lowest BCUT2D eigenvalue weighted by molar-refractivity contribution is -0.290. The van der Waals surface area contributed by atoms with Gasteiger partial charge in [-0.3, -0.25) is 9.98 Å². The Kier molecular flexibility index (Phi) is 15.6. The molecule has 332 valence electrons. The number of carbonyl (C=O) groups is 2. The fourth-order valence-corrected chi connectivity index (χ4v) is 7.33. The fourth-order valence-electron chi connectivity index (χ4n) is 7.33. The molecule has 0 aliphatic carbocycles. The minimum absolute atomic E-state index is 0.0152. The molecule has 4 fully saturated rings. The number of aliphatic imine (C=N–C) groups is 2. The molecule has 4 saturated heterocycles. The van der Waals surface area contributed by atoms with E-state index in [4.69, 9.17) is 38.9 Å². The summed E-state index contributed by atoms with van der Waals surface area (Å²) in [6.45, 7) is 0.278. The predicted octanol–water partition coefficient (Wildman–Crippen LogP) is -4.22. The van der Waals surface area contributed by atoms with E-state index in [-0.39, 0.29) is 60.4 Å². The largest absolute Gasteiger partial charge is 0.479 e. The number of carboxylic acids is 2. The zero-order valence-corrected chi connectivity index (χ0v) is 32.6. The normalized spacial score (nSPS) is 30.8. The second-order valence-electron chi connectivity index (χ2n) is 14.7. The zero-order valence-electron chi connectivity index (χ0n) is 32.6. The summed E-state index contributed by atoms with van der Waals surface area (Å²) in [5, 5.41) is 101. The summed E-state index contributed by atoms with van der Waals surface area (Å²) in [6.07, 6.45) is -13.5. The first-order valence-electron chi connectivity index (χ1n) is 19.8. The highest BCUT2D eigenvalue weighted by atomic mass is 16.7. The monoisotopic (exact) mass is 852 g/mol. The van der Waals surface area contributed by atoms with Gasteiger partial charge in [0.05, 0.1) is 39.5 Å². The van der Waals surface area contributed by atoms with E-state index in [0.29, 0.717) is 37.8 Å². The maximum atomic E-state index is 11.7. The number of ether oxygens (including phenoxy) is 4. The number of hydrogen-bond donors (Lipinski definition) is 10. The lowest BCUT2D eigenvalue weighted by Crippen LogP contribution is -2.60. The Balaban J connectivity index is 1.43. The molecule has 4 aliphatic heterocycles. The van der Waals surface area contributed by atoms with Gasteiger partial charge < -0.3 is 79.8 Å². The molecular weight excluding hydrogens is 800 g/mol. The molecule has 24 heteroatoms. The Morgan fingerprint density at radius 2 is 0.933 bits per heavy atom. The third-order valence-corrected chi connectivity index (χ3v) is 10.5. The Bertz CT molecular complexity index is 1730. The van der Waals surface area contributed by atoms with Crippen molar-refractivity contribution in [2.24, 2.45) is 9.98 Å². The van der Waals surface area contributed by atoms with Crippen molar-refractivity contribution in [3.05, 3.63) is 11.6 Å². The number of aromatic nitrogens is 4. The molecule has 0 bridgehead atoms. The summed E-state index contributed by atoms with van der Waals surface area (Å²) < 4.78 is 22.1. The zero-order chi connectivity index (χ0) is 43.1. The summed E-state index contributed by atoms with van der Waals surface area (Å²) in [5.41, 5.74) is 0.683. The predicted molar refractivity (Wildman–Crippen MR) is 205 cm³/mol. The van der Waals surface area contributed by atoms with Crippen LogP contribution in [0, 0.1) is 0 Å². The van der Waals surface area contributed by atoms with Crippen LogP contribution in [0.25, 0.3) is 11.0 Å². The van der Waals surface area contributed by atoms with Gasteiger partial charge >= 0.3 is 11.9 Å². The van der Waals surface area contributed by atoms with Crippen LogP contribution in [0.2, 0.25) is 0 Å². The van der Waals surface area contributed by atoms with E-state index < -0.39 is 86.6 Å². The molecule has 0 radical (unpaired) electrons. The van der Waals surface area contributed by atoms with Gasteiger partial charge in [-0.25, -0.2) is 29.5 Å². The van der Waals surface area contributed by atoms with Crippen LogP contribution in [-0.2, 0) is 28.5 Å². The van der Waals surface area contributed by atoms with Crippen LogP contribution in [0.5, 0.6) is 0 Å². The third-order valence-electron chi connectivity index (χ3n) is 10.5. The minimum atomic E-state index is -1.94. The minimum Gasteiger partial charge on any atom is -0.479 e. The van der Waals surface area contributed by atoms with E-state index in [1.807, 2.05) is 9.80 Å². The lowest BCUT2D eigenvalue weighted by atomic mass is 9.99. The Morgan fingerprint density at radius 1 is 0.567 bits per heavy atom. The van der Waals surface area contributed by atoms with Gasteiger partial charge in [0.15, 0.2) is 48.1 Å². The van der Waals surface area contributed by atoms with Gasteiger partial charge in [-0.1, -0.05) is 0 Å². The molecule has 60 heavy (non-hydrogen) atoms. The van der Waals surface area contributed by atoms with Gasteiger partial charge in [-0.05, 0) is 38.5 Å². The maximum Gasteiger partial charge on any atom is 0.335 e. The number of piperidine rings is 2. The van der Waals surface area contributed by atoms with Crippen molar-refractivity contribution < 1.29 is 79.6 Å². The van der Waals surface area contributed by atoms with Crippen molar-refractivity contribution in [1.29, 1.82) is 0 Å². The summed E-state index contributed by atoms with van der Waals surface area (Å²) in [4.78, 5) is 56.0. The molecule has 0 amide bonds. The van der Waals surface area contributed by atoms with Crippen molar-refractivity contribution in [2.45, 2.75) is 99.9 Å². The average Bonchev–Trinajstić information content (AvgIpc) is 3.25. The molecule has 2 aromatic heterocycles. The Hall–Kier alpha value is -4.18. The molecule has 10 N–H and O–H groups in total. The van der Waals surface area contributed by atoms with E-state index in [9.17, 15) is 60.7 Å². The number of fused-ring (bicyclic) bond motifs is 1. The van der Waals surface area contributed by atoms with Gasteiger partial charge in [0.2, 0.25) is 0 Å². The van der Waals surface area contributed by atoms with Crippen molar-refractivity contribution in [3.63, 3.8) is 0 Å². The van der Waals surface area contributed by atoms with Crippen molar-refractivity contribution in [2.75, 3.05) is 75.5 Å². The van der Waals surface area contributed by atoms with Gasteiger partial charge in [-0.15, -0.1) is 0 Å². The lowest BCUT2D eigenvalue weighted by Gasteiger charge is -2.38. The number of hydrogen-bond acceptors (Lipinski definition) is 22. The standard InChI is InChI=1S/C36H52N8O16/c45-13-7-37-17(15-57-35-25(51)21(47)23(49)27(59-35)33(53)54)29-40-20-19(31(41-29)43-9-3-1-4-10-43)39-30(42-32(20)44-11-5-2-6-12-44)18(38-8-14-46)16-58-36-26(52)22(48)24(50)28(60-36)34(55)56/h21-28,35-36,45-52H,1-16H2,(H,53,54)(H,55,56)/t21-,22-,23-,24-,25+,26+,27-,28-,35+,36+/m0/s1. The SMILES string of the molecule is O=C(O)[C@H]1O[C@@H](OCC(=NCCO)c2nc(N3CCCCC3)c3nc(C(CO[C@@H]4O[C@H](C(=O)O)[C@@H](O)[C@H](O)[C@H]4O)=NCCO)nc(N4CCCCC4)c3n2)[C@H](O)[C@@H](O)[C@@H]1O. The average molecular weight is 853 g/mol. The summed E-state index contributed by atoms with van der Waals surface area (Å²) in [6, 6.07) is 0. The first-order valence-corrected chi connectivity index (χ1v) is 19.8. The molecule has 6 heterocycles. The number of aliphatic carboxylic acids is 2. The third kappa shape index (κ3) is 10.1. The number of rotatable bonds is 16. The molecule has 6 rings (SSSR count). The highest BCUT2D eigenvalue weighted by Crippen LogP contribution is 2.33. The van der Waals surface area contributed by atoms with E-state index in [1.165, 1.54) is 0 Å². The van der Waals surface area contributed by atoms with Crippen molar-refractivity contribution in [1.82, 2.24) is 19.9 Å². The molecule has 0 spiro atoms.